The van der Waals surface area contributed by atoms with Gasteiger partial charge in [-0.3, -0.25) is 4.91 Å². The van der Waals surface area contributed by atoms with E-state index >= 15 is 0 Å². The molecule has 0 fully saturated rings. The summed E-state index contributed by atoms with van der Waals surface area (Å²) >= 11 is 0. The second-order valence-electron chi connectivity index (χ2n) is 3.07. The maximum atomic E-state index is 6.75. The summed E-state index contributed by atoms with van der Waals surface area (Å²) in [5, 5.41) is 0. The minimum Gasteiger partial charge on any atom is -0.373 e. The normalized spacial score (nSPS) is 8.24. The molecule has 0 unspecified atom stereocenters. The molecule has 0 atom stereocenters. The Balaban J connectivity index is 0.000000437. The van der Waals surface area contributed by atoms with Crippen molar-refractivity contribution < 1.29 is 0 Å². The highest BCUT2D eigenvalue weighted by atomic mass is 15.4. The first-order valence-electron chi connectivity index (χ1n) is 4.97. The van der Waals surface area contributed by atoms with E-state index in [-0.39, 0.29) is 0 Å². The molecule has 0 saturated heterocycles. The van der Waals surface area contributed by atoms with E-state index in [0.717, 1.165) is 11.4 Å². The van der Waals surface area contributed by atoms with E-state index in [1.165, 1.54) is 4.91 Å². The minimum absolute atomic E-state index is 1.05. The molecule has 0 amide bonds. The Labute approximate surface area is 99.5 Å². The van der Waals surface area contributed by atoms with Crippen molar-refractivity contribution in [2.45, 2.75) is 0 Å². The molecular weight excluding hydrogens is 214 g/mol. The van der Waals surface area contributed by atoms with Gasteiger partial charge in [0.2, 0.25) is 0 Å². The van der Waals surface area contributed by atoms with Crippen molar-refractivity contribution in [1.29, 1.82) is 0 Å². The van der Waals surface area contributed by atoms with Gasteiger partial charge in [0, 0.05) is 0 Å². The molecule has 0 bridgehead atoms. The zero-order valence-corrected chi connectivity index (χ0v) is 9.12. The fraction of sp³-hybridized carbons (Fsp3) is 0. The average molecular weight is 226 g/mol. The van der Waals surface area contributed by atoms with Crippen LogP contribution in [0.5, 0.6) is 0 Å². The standard InChI is InChI=1S/C12H12N2.N3/c1-3-7-11(8-4-1)13-14-12-9-5-2-6-10-12;1-3-2/h1-10,13-14H;/q;-1. The smallest absolute Gasteiger partial charge is 0.0539 e. The fourth-order valence-electron chi connectivity index (χ4n) is 1.19. The summed E-state index contributed by atoms with van der Waals surface area (Å²) in [5.41, 5.74) is 21.8. The van der Waals surface area contributed by atoms with Crippen LogP contribution in [-0.4, -0.2) is 0 Å². The lowest BCUT2D eigenvalue weighted by Crippen LogP contribution is -2.07. The van der Waals surface area contributed by atoms with Crippen molar-refractivity contribution in [3.8, 4) is 0 Å². The summed E-state index contributed by atoms with van der Waals surface area (Å²) in [6.07, 6.45) is 0. The van der Waals surface area contributed by atoms with Gasteiger partial charge in [-0.1, -0.05) is 36.4 Å². The average Bonchev–Trinajstić information content (AvgIpc) is 2.40. The second-order valence-corrected chi connectivity index (χ2v) is 3.07. The topological polar surface area (TPSA) is 82.8 Å². The van der Waals surface area contributed by atoms with Crippen LogP contribution in [0.4, 0.5) is 11.4 Å². The highest BCUT2D eigenvalue weighted by molar-refractivity contribution is 5.51. The van der Waals surface area contributed by atoms with Gasteiger partial charge in [-0.2, -0.15) is 0 Å². The van der Waals surface area contributed by atoms with Crippen molar-refractivity contribution >= 4 is 11.4 Å². The molecule has 0 aliphatic rings. The molecule has 0 radical (unpaired) electrons. The highest BCUT2D eigenvalue weighted by Crippen LogP contribution is 2.08. The maximum absolute atomic E-state index is 6.75. The number of benzene rings is 2. The van der Waals surface area contributed by atoms with Gasteiger partial charge in [-0.15, -0.1) is 0 Å². The van der Waals surface area contributed by atoms with E-state index in [0.29, 0.717) is 0 Å². The molecule has 2 aromatic rings. The first-order valence-corrected chi connectivity index (χ1v) is 4.97. The second kappa shape index (κ2) is 7.62. The number of nitrogens with zero attached hydrogens (tertiary/aromatic N) is 3. The summed E-state index contributed by atoms with van der Waals surface area (Å²) < 4.78 is 0. The van der Waals surface area contributed by atoms with Gasteiger partial charge in [0.25, 0.3) is 0 Å². The molecule has 5 heteroatoms. The lowest BCUT2D eigenvalue weighted by atomic mass is 10.3. The Bertz CT molecular complexity index is 409. The van der Waals surface area contributed by atoms with Crippen LogP contribution in [-0.2, 0) is 0 Å². The van der Waals surface area contributed by atoms with Gasteiger partial charge in [0.15, 0.2) is 0 Å². The van der Waals surface area contributed by atoms with Crippen LogP contribution in [0, 0.1) is 0 Å². The molecule has 17 heavy (non-hydrogen) atoms. The number of hydrazine groups is 1. The summed E-state index contributed by atoms with van der Waals surface area (Å²) in [6, 6.07) is 20.0. The first-order chi connectivity index (χ1) is 8.36. The molecular formula is C12H12N5-. The minimum atomic E-state index is 1.05. The monoisotopic (exact) mass is 226 g/mol. The number of rotatable bonds is 3. The maximum Gasteiger partial charge on any atom is 0.0539 e. The number of anilines is 2. The van der Waals surface area contributed by atoms with Crippen molar-refractivity contribution in [3.63, 3.8) is 0 Å². The van der Waals surface area contributed by atoms with E-state index in [9.17, 15) is 0 Å². The molecule has 2 N–H and O–H groups in total. The quantitative estimate of drug-likeness (QED) is 0.359. The zero-order chi connectivity index (χ0) is 12.3. The van der Waals surface area contributed by atoms with E-state index < -0.39 is 0 Å². The van der Waals surface area contributed by atoms with Gasteiger partial charge in [-0.25, -0.2) is 0 Å². The van der Waals surface area contributed by atoms with Crippen LogP contribution < -0.4 is 10.9 Å². The summed E-state index contributed by atoms with van der Waals surface area (Å²) in [7, 11) is 0. The number of hydrogen-bond acceptors (Lipinski definition) is 2. The summed E-state index contributed by atoms with van der Waals surface area (Å²) in [6.45, 7) is 0. The SMILES string of the molecule is [N-]=[N+]=[N-].c1ccc(NNc2ccccc2)cc1. The highest BCUT2D eigenvalue weighted by Gasteiger charge is 1.88. The first kappa shape index (κ1) is 12.4. The Kier molecular flexibility index (Phi) is 5.56. The van der Waals surface area contributed by atoms with Crippen molar-refractivity contribution in [2.24, 2.45) is 0 Å². The fourth-order valence-corrected chi connectivity index (χ4v) is 1.19. The van der Waals surface area contributed by atoms with E-state index in [2.05, 4.69) is 10.9 Å². The third-order valence-corrected chi connectivity index (χ3v) is 1.90. The molecule has 0 aliphatic carbocycles. The Morgan fingerprint density at radius 2 is 0.941 bits per heavy atom. The summed E-state index contributed by atoms with van der Waals surface area (Å²) in [5.74, 6) is 0. The number of nitrogens with one attached hydrogen (secondary N) is 2. The van der Waals surface area contributed by atoms with Gasteiger partial charge < -0.3 is 21.9 Å². The van der Waals surface area contributed by atoms with Crippen LogP contribution in [0.2, 0.25) is 0 Å². The summed E-state index contributed by atoms with van der Waals surface area (Å²) in [4.78, 5) is 1.50. The largest absolute Gasteiger partial charge is 0.373 e. The molecule has 0 heterocycles. The van der Waals surface area contributed by atoms with Crippen LogP contribution in [0.25, 0.3) is 16.0 Å². The predicted molar refractivity (Wildman–Crippen MR) is 70.2 cm³/mol. The Morgan fingerprint density at radius 3 is 1.24 bits per heavy atom. The number of hydrogen-bond donors (Lipinski definition) is 2. The molecule has 0 aliphatic heterocycles. The van der Waals surface area contributed by atoms with Gasteiger partial charge in [0.1, 0.15) is 0 Å². The van der Waals surface area contributed by atoms with Crippen LogP contribution in [0.15, 0.2) is 60.7 Å². The zero-order valence-electron chi connectivity index (χ0n) is 9.12. The molecule has 2 rings (SSSR count). The molecule has 0 aromatic heterocycles. The van der Waals surface area contributed by atoms with Gasteiger partial charge >= 0.3 is 0 Å². The molecule has 0 saturated carbocycles. The third-order valence-electron chi connectivity index (χ3n) is 1.90. The van der Waals surface area contributed by atoms with Crippen LogP contribution in [0.3, 0.4) is 0 Å². The lowest BCUT2D eigenvalue weighted by molar-refractivity contribution is 1.41. The van der Waals surface area contributed by atoms with E-state index in [4.69, 9.17) is 11.1 Å². The van der Waals surface area contributed by atoms with Crippen LogP contribution >= 0.6 is 0 Å². The molecule has 0 spiro atoms. The molecule has 2 aromatic carbocycles. The van der Waals surface area contributed by atoms with Crippen LogP contribution in [0.1, 0.15) is 0 Å². The van der Waals surface area contributed by atoms with Gasteiger partial charge in [-0.05, 0) is 24.3 Å². The molecule has 5 nitrogen and oxygen atoms in total. The predicted octanol–water partition coefficient (Wildman–Crippen LogP) is 3.99. The number of para-hydroxylation sites is 2. The van der Waals surface area contributed by atoms with Crippen molar-refractivity contribution in [2.75, 3.05) is 10.9 Å². The van der Waals surface area contributed by atoms with Gasteiger partial charge in [0.05, 0.1) is 11.4 Å². The third kappa shape index (κ3) is 5.11. The lowest BCUT2D eigenvalue weighted by Gasteiger charge is -2.08. The van der Waals surface area contributed by atoms with Crippen molar-refractivity contribution in [3.05, 3.63) is 76.6 Å². The van der Waals surface area contributed by atoms with E-state index in [1.54, 1.807) is 0 Å². The van der Waals surface area contributed by atoms with E-state index in [1.807, 2.05) is 60.7 Å². The Morgan fingerprint density at radius 1 is 0.647 bits per heavy atom. The molecule has 86 valence electrons. The Hall–Kier alpha value is -2.65. The van der Waals surface area contributed by atoms with Crippen molar-refractivity contribution in [1.82, 2.24) is 0 Å².